The molecule has 0 radical (unpaired) electrons. The highest BCUT2D eigenvalue weighted by atomic mass is 35.5. The number of halogens is 1. The standard InChI is InChI=1S/C9H14ClN3O/c1-7-8(6-13(2)12-7)5-11-9(14)3-4-10/h6H,3-5H2,1-2H3,(H,11,14). The van der Waals surface area contributed by atoms with Crippen LogP contribution in [0.3, 0.4) is 0 Å². The van der Waals surface area contributed by atoms with Crippen LogP contribution >= 0.6 is 11.6 Å². The van der Waals surface area contributed by atoms with Crippen molar-refractivity contribution in [3.63, 3.8) is 0 Å². The van der Waals surface area contributed by atoms with Crippen molar-refractivity contribution in [2.45, 2.75) is 19.9 Å². The second-order valence-corrected chi connectivity index (χ2v) is 3.51. The fourth-order valence-corrected chi connectivity index (χ4v) is 1.36. The Morgan fingerprint density at radius 2 is 2.43 bits per heavy atom. The second kappa shape index (κ2) is 5.00. The molecule has 0 aliphatic heterocycles. The fraction of sp³-hybridized carbons (Fsp3) is 0.556. The van der Waals surface area contributed by atoms with E-state index in [0.717, 1.165) is 11.3 Å². The van der Waals surface area contributed by atoms with Crippen LogP contribution in [-0.2, 0) is 18.4 Å². The minimum Gasteiger partial charge on any atom is -0.352 e. The quantitative estimate of drug-likeness (QED) is 0.761. The van der Waals surface area contributed by atoms with E-state index in [4.69, 9.17) is 11.6 Å². The first-order chi connectivity index (χ1) is 6.63. The number of aromatic nitrogens is 2. The second-order valence-electron chi connectivity index (χ2n) is 3.13. The van der Waals surface area contributed by atoms with Crippen LogP contribution in [0.15, 0.2) is 6.20 Å². The molecular weight excluding hydrogens is 202 g/mol. The summed E-state index contributed by atoms with van der Waals surface area (Å²) in [5.41, 5.74) is 1.98. The van der Waals surface area contributed by atoms with Crippen LogP contribution in [0.5, 0.6) is 0 Å². The third-order valence-electron chi connectivity index (χ3n) is 1.91. The van der Waals surface area contributed by atoms with Gasteiger partial charge in [0.15, 0.2) is 0 Å². The van der Waals surface area contributed by atoms with E-state index in [1.807, 2.05) is 20.2 Å². The average molecular weight is 216 g/mol. The molecule has 0 aliphatic carbocycles. The van der Waals surface area contributed by atoms with E-state index in [2.05, 4.69) is 10.4 Å². The summed E-state index contributed by atoms with van der Waals surface area (Å²) in [4.78, 5) is 11.1. The van der Waals surface area contributed by atoms with Gasteiger partial charge in [-0.2, -0.15) is 5.10 Å². The van der Waals surface area contributed by atoms with Crippen molar-refractivity contribution in [2.75, 3.05) is 5.88 Å². The van der Waals surface area contributed by atoms with Gasteiger partial charge in [0, 0.05) is 37.7 Å². The van der Waals surface area contributed by atoms with Crippen molar-refractivity contribution in [2.24, 2.45) is 7.05 Å². The smallest absolute Gasteiger partial charge is 0.221 e. The summed E-state index contributed by atoms with van der Waals surface area (Å²) < 4.78 is 1.73. The molecule has 0 saturated heterocycles. The number of carbonyl (C=O) groups excluding carboxylic acids is 1. The number of hydrogen-bond acceptors (Lipinski definition) is 2. The van der Waals surface area contributed by atoms with Crippen LogP contribution in [0, 0.1) is 6.92 Å². The number of amides is 1. The Bertz CT molecular complexity index is 322. The SMILES string of the molecule is Cc1nn(C)cc1CNC(=O)CCCl. The van der Waals surface area contributed by atoms with Crippen molar-refractivity contribution in [3.8, 4) is 0 Å². The number of aryl methyl sites for hydroxylation is 2. The topological polar surface area (TPSA) is 46.9 Å². The number of hydrogen-bond donors (Lipinski definition) is 1. The summed E-state index contributed by atoms with van der Waals surface area (Å²) in [7, 11) is 1.86. The minimum absolute atomic E-state index is 0.0248. The van der Waals surface area contributed by atoms with E-state index in [-0.39, 0.29) is 5.91 Å². The third-order valence-corrected chi connectivity index (χ3v) is 2.10. The van der Waals surface area contributed by atoms with Crippen LogP contribution in [-0.4, -0.2) is 21.6 Å². The van der Waals surface area contributed by atoms with Gasteiger partial charge in [-0.15, -0.1) is 11.6 Å². The summed E-state index contributed by atoms with van der Waals surface area (Å²) in [6, 6.07) is 0. The molecule has 78 valence electrons. The van der Waals surface area contributed by atoms with Gasteiger partial charge in [-0.3, -0.25) is 9.48 Å². The predicted molar refractivity (Wildman–Crippen MR) is 55.1 cm³/mol. The first-order valence-electron chi connectivity index (χ1n) is 4.45. The van der Waals surface area contributed by atoms with Gasteiger partial charge in [-0.1, -0.05) is 0 Å². The molecule has 14 heavy (non-hydrogen) atoms. The molecule has 5 heteroatoms. The monoisotopic (exact) mass is 215 g/mol. The van der Waals surface area contributed by atoms with Gasteiger partial charge >= 0.3 is 0 Å². The summed E-state index contributed by atoms with van der Waals surface area (Å²) in [5.74, 6) is 0.334. The number of nitrogens with zero attached hydrogens (tertiary/aromatic N) is 2. The lowest BCUT2D eigenvalue weighted by Crippen LogP contribution is -2.22. The van der Waals surface area contributed by atoms with Crippen molar-refractivity contribution in [1.82, 2.24) is 15.1 Å². The Hall–Kier alpha value is -1.03. The maximum Gasteiger partial charge on any atom is 0.221 e. The number of rotatable bonds is 4. The number of alkyl halides is 1. The summed E-state index contributed by atoms with van der Waals surface area (Å²) in [6.07, 6.45) is 2.26. The summed E-state index contributed by atoms with van der Waals surface area (Å²) >= 11 is 5.44. The van der Waals surface area contributed by atoms with E-state index < -0.39 is 0 Å². The molecule has 0 saturated carbocycles. The molecule has 1 aromatic heterocycles. The Morgan fingerprint density at radius 3 is 2.93 bits per heavy atom. The molecule has 0 spiro atoms. The highest BCUT2D eigenvalue weighted by molar-refractivity contribution is 6.18. The molecular formula is C9H14ClN3O. The van der Waals surface area contributed by atoms with Crippen molar-refractivity contribution >= 4 is 17.5 Å². The zero-order chi connectivity index (χ0) is 10.6. The largest absolute Gasteiger partial charge is 0.352 e. The number of nitrogens with one attached hydrogen (secondary N) is 1. The van der Waals surface area contributed by atoms with Crippen molar-refractivity contribution in [3.05, 3.63) is 17.5 Å². The van der Waals surface area contributed by atoms with Crippen LogP contribution < -0.4 is 5.32 Å². The molecule has 4 nitrogen and oxygen atoms in total. The Morgan fingerprint density at radius 1 is 1.71 bits per heavy atom. The van der Waals surface area contributed by atoms with Crippen molar-refractivity contribution in [1.29, 1.82) is 0 Å². The van der Waals surface area contributed by atoms with Gasteiger partial charge < -0.3 is 5.32 Å². The number of carbonyl (C=O) groups is 1. The molecule has 0 aliphatic rings. The third kappa shape index (κ3) is 3.03. The lowest BCUT2D eigenvalue weighted by molar-refractivity contribution is -0.120. The maximum absolute atomic E-state index is 11.1. The molecule has 0 aromatic carbocycles. The van der Waals surface area contributed by atoms with Gasteiger partial charge in [-0.05, 0) is 6.92 Å². The van der Waals surface area contributed by atoms with Crippen LogP contribution in [0.1, 0.15) is 17.7 Å². The normalized spacial score (nSPS) is 10.2. The molecule has 1 heterocycles. The minimum atomic E-state index is -0.0248. The molecule has 0 atom stereocenters. The first kappa shape index (κ1) is 11.0. The molecule has 0 bridgehead atoms. The van der Waals surface area contributed by atoms with E-state index in [1.165, 1.54) is 0 Å². The van der Waals surface area contributed by atoms with Gasteiger partial charge in [0.2, 0.25) is 5.91 Å². The van der Waals surface area contributed by atoms with Crippen LogP contribution in [0.2, 0.25) is 0 Å². The summed E-state index contributed by atoms with van der Waals surface area (Å²) in [5, 5.41) is 6.95. The van der Waals surface area contributed by atoms with Gasteiger partial charge in [0.25, 0.3) is 0 Å². The fourth-order valence-electron chi connectivity index (χ4n) is 1.19. The van der Waals surface area contributed by atoms with Crippen LogP contribution in [0.25, 0.3) is 0 Å². The van der Waals surface area contributed by atoms with Crippen molar-refractivity contribution < 1.29 is 4.79 Å². The zero-order valence-electron chi connectivity index (χ0n) is 8.38. The van der Waals surface area contributed by atoms with Gasteiger partial charge in [-0.25, -0.2) is 0 Å². The Kier molecular flexibility index (Phi) is 3.95. The van der Waals surface area contributed by atoms with E-state index in [9.17, 15) is 4.79 Å². The van der Waals surface area contributed by atoms with Crippen LogP contribution in [0.4, 0.5) is 0 Å². The average Bonchev–Trinajstić information content (AvgIpc) is 2.42. The van der Waals surface area contributed by atoms with Gasteiger partial charge in [0.1, 0.15) is 0 Å². The molecule has 1 rings (SSSR count). The highest BCUT2D eigenvalue weighted by Crippen LogP contribution is 2.03. The highest BCUT2D eigenvalue weighted by Gasteiger charge is 2.04. The first-order valence-corrected chi connectivity index (χ1v) is 4.98. The Labute approximate surface area is 88.2 Å². The lowest BCUT2D eigenvalue weighted by atomic mass is 10.2. The summed E-state index contributed by atoms with van der Waals surface area (Å²) in [6.45, 7) is 2.44. The lowest BCUT2D eigenvalue weighted by Gasteiger charge is -2.01. The molecule has 0 fully saturated rings. The molecule has 1 aromatic rings. The molecule has 1 amide bonds. The van der Waals surface area contributed by atoms with E-state index >= 15 is 0 Å². The molecule has 0 unspecified atom stereocenters. The maximum atomic E-state index is 11.1. The van der Waals surface area contributed by atoms with E-state index in [1.54, 1.807) is 4.68 Å². The predicted octanol–water partition coefficient (Wildman–Crippen LogP) is 0.974. The Balaban J connectivity index is 2.45. The van der Waals surface area contributed by atoms with E-state index in [0.29, 0.717) is 18.8 Å². The zero-order valence-corrected chi connectivity index (χ0v) is 9.14. The van der Waals surface area contributed by atoms with Gasteiger partial charge in [0.05, 0.1) is 5.69 Å². The molecule has 1 N–H and O–H groups in total.